The Morgan fingerprint density at radius 3 is 1.88 bits per heavy atom. The van der Waals surface area contributed by atoms with Crippen LogP contribution in [0.5, 0.6) is 0 Å². The number of anilines is 2. The minimum Gasteiger partial charge on any atom is -0.436 e. The molecule has 60 heavy (non-hydrogen) atoms. The summed E-state index contributed by atoms with van der Waals surface area (Å²) in [4.78, 5) is 51.4. The molecule has 2 aliphatic rings. The molecule has 0 radical (unpaired) electrons. The van der Waals surface area contributed by atoms with E-state index >= 15 is 0 Å². The summed E-state index contributed by atoms with van der Waals surface area (Å²) in [5, 5.41) is 8.13. The third kappa shape index (κ3) is 11.1. The van der Waals surface area contributed by atoms with E-state index in [1.807, 2.05) is 13.2 Å². The molecule has 0 saturated carbocycles. The number of amides is 3. The van der Waals surface area contributed by atoms with Crippen molar-refractivity contribution in [2.24, 2.45) is 19.8 Å². The van der Waals surface area contributed by atoms with E-state index in [1.54, 1.807) is 22.4 Å². The van der Waals surface area contributed by atoms with Gasteiger partial charge in [0.1, 0.15) is 29.3 Å². The molecule has 2 atom stereocenters. The summed E-state index contributed by atoms with van der Waals surface area (Å²) in [6.07, 6.45) is 19.8. The number of terminal acetylenes is 2. The number of imidazole rings is 1. The first-order chi connectivity index (χ1) is 28.2. The van der Waals surface area contributed by atoms with Gasteiger partial charge in [0.2, 0.25) is 0 Å². The molecule has 3 heterocycles. The minimum atomic E-state index is -0.596. The van der Waals surface area contributed by atoms with Crippen LogP contribution in [-0.4, -0.2) is 55.9 Å². The number of fused-ring (bicyclic) bond motifs is 2. The monoisotopic (exact) mass is 862 g/mol. The number of carbonyl (C=O) groups excluding carboxylic acids is 4. The third-order valence-electron chi connectivity index (χ3n) is 9.16. The summed E-state index contributed by atoms with van der Waals surface area (Å²) in [7, 11) is 3.57. The first-order valence-electron chi connectivity index (χ1n) is 17.8. The number of rotatable bonds is 7. The fourth-order valence-corrected chi connectivity index (χ4v) is 6.92. The first-order valence-corrected chi connectivity index (χ1v) is 18.6. The van der Waals surface area contributed by atoms with Crippen LogP contribution in [0.3, 0.4) is 0 Å². The number of nitrogens with two attached hydrogens (primary N) is 1. The van der Waals surface area contributed by atoms with Gasteiger partial charge < -0.3 is 40.3 Å². The molecule has 2 aromatic carbocycles. The zero-order valence-corrected chi connectivity index (χ0v) is 33.2. The van der Waals surface area contributed by atoms with E-state index in [-0.39, 0.29) is 54.6 Å². The molecule has 7 rings (SSSR count). The van der Waals surface area contributed by atoms with Crippen molar-refractivity contribution in [1.82, 2.24) is 24.0 Å². The number of nitrogens with zero attached hydrogens (tertiary/aromatic N) is 4. The maximum Gasteiger partial charge on any atom is 0.420 e. The number of carbonyl (C=O) groups is 4. The molecule has 314 valence electrons. The number of benzene rings is 2. The van der Waals surface area contributed by atoms with Gasteiger partial charge in [-0.15, -0.1) is 12.8 Å². The van der Waals surface area contributed by atoms with Gasteiger partial charge in [0.05, 0.1) is 16.1 Å². The second-order valence-corrected chi connectivity index (χ2v) is 13.9. The Bertz CT molecular complexity index is 2450. The summed E-state index contributed by atoms with van der Waals surface area (Å²) in [5.41, 5.74) is 11.7. The average Bonchev–Trinajstić information content (AvgIpc) is 4.04. The summed E-state index contributed by atoms with van der Waals surface area (Å²) in [5.74, 6) is 2.77. The largest absolute Gasteiger partial charge is 0.436 e. The van der Waals surface area contributed by atoms with Gasteiger partial charge in [0.15, 0.2) is 13.2 Å². The molecule has 18 heteroatoms. The molecule has 5 N–H and O–H groups in total. The molecule has 3 amide bonds. The summed E-state index contributed by atoms with van der Waals surface area (Å²) in [6, 6.07) is 7.82. The smallest absolute Gasteiger partial charge is 0.420 e. The summed E-state index contributed by atoms with van der Waals surface area (Å²) >= 11 is 11.5. The highest BCUT2D eigenvalue weighted by Gasteiger charge is 2.32. The molecule has 0 fully saturated rings. The number of halogens is 4. The van der Waals surface area contributed by atoms with Crippen molar-refractivity contribution >= 4 is 58.6 Å². The van der Waals surface area contributed by atoms with E-state index in [4.69, 9.17) is 46.5 Å². The van der Waals surface area contributed by atoms with Crippen molar-refractivity contribution in [2.75, 3.05) is 23.8 Å². The normalized spacial score (nSPS) is 14.2. The van der Waals surface area contributed by atoms with Crippen LogP contribution in [0, 0.1) is 36.3 Å². The van der Waals surface area contributed by atoms with Gasteiger partial charge in [-0.1, -0.05) is 42.5 Å². The van der Waals surface area contributed by atoms with Crippen LogP contribution in [0.2, 0.25) is 10.0 Å². The van der Waals surface area contributed by atoms with Crippen LogP contribution in [-0.2, 0) is 36.4 Å². The van der Waals surface area contributed by atoms with Crippen molar-refractivity contribution in [3.8, 4) is 24.7 Å². The van der Waals surface area contributed by atoms with Crippen molar-refractivity contribution in [3.05, 3.63) is 123 Å². The number of alkyl carbamates (subject to hydrolysis) is 1. The molecule has 3 aromatic heterocycles. The van der Waals surface area contributed by atoms with Crippen LogP contribution < -0.4 is 21.7 Å². The maximum atomic E-state index is 13.3. The maximum absolute atomic E-state index is 13.3. The van der Waals surface area contributed by atoms with E-state index in [2.05, 4.69) is 37.5 Å². The minimum absolute atomic E-state index is 0. The second kappa shape index (κ2) is 20.9. The number of ether oxygens (including phenoxy) is 2. The Balaban J connectivity index is 0.000000213. The van der Waals surface area contributed by atoms with E-state index in [0.717, 1.165) is 35.1 Å². The first kappa shape index (κ1) is 46.1. The Labute approximate surface area is 355 Å². The molecule has 0 spiro atoms. The highest BCUT2D eigenvalue weighted by atomic mass is 35.5. The van der Waals surface area contributed by atoms with Crippen LogP contribution in [0.1, 0.15) is 75.6 Å². The summed E-state index contributed by atoms with van der Waals surface area (Å²) < 4.78 is 40.5. The fraction of sp³-hybridized carbons (Fsp3) is 0.262. The molecule has 2 unspecified atom stereocenters. The molecule has 0 bridgehead atoms. The van der Waals surface area contributed by atoms with Crippen LogP contribution in [0.25, 0.3) is 0 Å². The highest BCUT2D eigenvalue weighted by Crippen LogP contribution is 2.36. The van der Waals surface area contributed by atoms with Gasteiger partial charge in [0.25, 0.3) is 11.8 Å². The number of aryl methyl sites for hydroxylation is 2. The van der Waals surface area contributed by atoms with Gasteiger partial charge >= 0.3 is 12.2 Å². The number of hydrogen-bond donors (Lipinski definition) is 4. The zero-order valence-electron chi connectivity index (χ0n) is 31.7. The van der Waals surface area contributed by atoms with Crippen molar-refractivity contribution < 1.29 is 37.4 Å². The quantitative estimate of drug-likeness (QED) is 0.121. The van der Waals surface area contributed by atoms with Gasteiger partial charge in [-0.25, -0.2) is 27.9 Å². The number of hydrogen-bond acceptors (Lipinski definition) is 8. The molecule has 5 aromatic rings. The predicted octanol–water partition coefficient (Wildman–Crippen LogP) is 7.57. The molecular formula is C42H42Cl2F2N8O6. The van der Waals surface area contributed by atoms with E-state index in [9.17, 15) is 28.0 Å². The Kier molecular flexibility index (Phi) is 16.1. The van der Waals surface area contributed by atoms with Crippen molar-refractivity contribution in [2.45, 2.75) is 45.2 Å². The SMILES string of the molecule is C.C#CCOC(=O)NC1CCc2c1cn(C)c2C(=O)Nc1ccc(F)c(Cl)c1.C#CCOC(=O)n1ccnc1.Cn1cc2c(c1C(=O)Nc1ccc(F)c(Cl)c1)CCC2N. The van der Waals surface area contributed by atoms with Crippen LogP contribution >= 0.6 is 23.2 Å². The molecular weight excluding hydrogens is 821 g/mol. The molecule has 2 aliphatic carbocycles. The van der Waals surface area contributed by atoms with Crippen LogP contribution in [0.4, 0.5) is 29.7 Å². The van der Waals surface area contributed by atoms with Gasteiger partial charge in [-0.05, 0) is 84.3 Å². The lowest BCUT2D eigenvalue weighted by molar-refractivity contribution is 0.101. The lowest BCUT2D eigenvalue weighted by Gasteiger charge is -2.12. The predicted molar refractivity (Wildman–Crippen MR) is 224 cm³/mol. The second-order valence-electron chi connectivity index (χ2n) is 13.1. The van der Waals surface area contributed by atoms with Gasteiger partial charge in [0, 0.05) is 56.3 Å². The molecule has 0 aliphatic heterocycles. The molecule has 14 nitrogen and oxygen atoms in total. The van der Waals surface area contributed by atoms with E-state index in [0.29, 0.717) is 35.6 Å². The van der Waals surface area contributed by atoms with E-state index < -0.39 is 23.8 Å². The third-order valence-corrected chi connectivity index (χ3v) is 9.74. The summed E-state index contributed by atoms with van der Waals surface area (Å²) in [6.45, 7) is -0.120. The molecule has 0 saturated heterocycles. The van der Waals surface area contributed by atoms with Crippen molar-refractivity contribution in [3.63, 3.8) is 0 Å². The van der Waals surface area contributed by atoms with Crippen molar-refractivity contribution in [1.29, 1.82) is 0 Å². The van der Waals surface area contributed by atoms with E-state index in [1.165, 1.54) is 59.7 Å². The number of aromatic nitrogens is 4. The standard InChI is InChI=1S/C19H17ClFN3O3.C15H15ClFN3O.C7H6N2O2.CH4/c1-3-8-27-19(26)23-16-7-5-12-13(16)10-24(2)17(12)18(25)22-11-4-6-15(21)14(20)9-11;1-20-7-10-9(3-5-13(10)18)14(20)15(21)19-8-2-4-12(17)11(16)6-8;1-2-5-11-7(10)9-4-3-8-6-9;/h1,4,6,9-10,16H,5,7-8H2,2H3,(H,22,25)(H,23,26);2,4,6-7,13H,3,5,18H2,1H3,(H,19,21);1,3-4,6H,5H2;1H4. The van der Waals surface area contributed by atoms with Gasteiger partial charge in [-0.2, -0.15) is 0 Å². The Hall–Kier alpha value is -6.59. The lowest BCUT2D eigenvalue weighted by atomic mass is 10.1. The Morgan fingerprint density at radius 1 is 0.850 bits per heavy atom. The fourth-order valence-electron chi connectivity index (χ4n) is 6.56. The van der Waals surface area contributed by atoms with Crippen LogP contribution in [0.15, 0.2) is 67.5 Å². The highest BCUT2D eigenvalue weighted by molar-refractivity contribution is 6.31. The average molecular weight is 864 g/mol. The topological polar surface area (TPSA) is 177 Å². The van der Waals surface area contributed by atoms with Gasteiger partial charge in [-0.3, -0.25) is 9.59 Å². The number of nitrogens with one attached hydrogen (secondary N) is 3. The zero-order chi connectivity index (χ0) is 42.8. The lowest BCUT2D eigenvalue weighted by Crippen LogP contribution is -2.27. The Morgan fingerprint density at radius 2 is 1.37 bits per heavy atom.